The minimum atomic E-state index is -0.800. The van der Waals surface area contributed by atoms with Gasteiger partial charge in [-0.05, 0) is 41.2 Å². The molecule has 0 spiro atoms. The first-order valence-electron chi connectivity index (χ1n) is 3.43. The first kappa shape index (κ1) is 9.74. The van der Waals surface area contributed by atoms with Crippen LogP contribution >= 0.6 is 27.3 Å². The summed E-state index contributed by atoms with van der Waals surface area (Å²) in [5.74, 6) is -0.800. The van der Waals surface area contributed by atoms with Gasteiger partial charge in [-0.25, -0.2) is 0 Å². The highest BCUT2D eigenvalue weighted by molar-refractivity contribution is 9.10. The molecule has 0 saturated heterocycles. The summed E-state index contributed by atoms with van der Waals surface area (Å²) in [6.45, 7) is 3.40. The number of halogens is 1. The molecule has 4 heteroatoms. The molecule has 0 saturated carbocycles. The number of carboxylic acid groups (broad SMARTS) is 1. The van der Waals surface area contributed by atoms with Crippen LogP contribution in [0, 0.1) is 0 Å². The van der Waals surface area contributed by atoms with Crippen LogP contribution in [-0.2, 0) is 10.2 Å². The lowest BCUT2D eigenvalue weighted by Gasteiger charge is -2.17. The number of hydrogen-bond acceptors (Lipinski definition) is 2. The van der Waals surface area contributed by atoms with E-state index in [1.54, 1.807) is 13.8 Å². The molecule has 1 rings (SSSR count). The predicted molar refractivity (Wildman–Crippen MR) is 52.7 cm³/mol. The third kappa shape index (κ3) is 1.54. The van der Waals surface area contributed by atoms with Crippen molar-refractivity contribution < 1.29 is 9.90 Å². The summed E-state index contributed by atoms with van der Waals surface area (Å²) >= 11 is 4.77. The monoisotopic (exact) mass is 248 g/mol. The van der Waals surface area contributed by atoms with Gasteiger partial charge in [0.2, 0.25) is 0 Å². The Morgan fingerprint density at radius 3 is 2.58 bits per heavy atom. The number of carboxylic acids is 1. The minimum absolute atomic E-state index is 0.799. The first-order chi connectivity index (χ1) is 5.46. The van der Waals surface area contributed by atoms with Gasteiger partial charge in [-0.15, -0.1) is 11.3 Å². The summed E-state index contributed by atoms with van der Waals surface area (Å²) in [6, 6.07) is 1.87. The maximum absolute atomic E-state index is 10.9. The molecule has 0 aliphatic heterocycles. The van der Waals surface area contributed by atoms with Crippen molar-refractivity contribution in [3.8, 4) is 0 Å². The molecule has 0 aliphatic carbocycles. The van der Waals surface area contributed by atoms with Crippen molar-refractivity contribution in [1.29, 1.82) is 0 Å². The zero-order valence-corrected chi connectivity index (χ0v) is 9.20. The lowest BCUT2D eigenvalue weighted by Crippen LogP contribution is -2.27. The minimum Gasteiger partial charge on any atom is -0.481 e. The van der Waals surface area contributed by atoms with Crippen LogP contribution in [0.5, 0.6) is 0 Å². The van der Waals surface area contributed by atoms with E-state index in [2.05, 4.69) is 15.9 Å². The Morgan fingerprint density at radius 1 is 1.67 bits per heavy atom. The molecule has 0 radical (unpaired) electrons. The van der Waals surface area contributed by atoms with Crippen LogP contribution in [0.4, 0.5) is 0 Å². The third-order valence-corrected chi connectivity index (χ3v) is 3.88. The number of hydrogen-bond donors (Lipinski definition) is 1. The molecule has 2 nitrogen and oxygen atoms in total. The van der Waals surface area contributed by atoms with Gasteiger partial charge in [-0.1, -0.05) is 0 Å². The summed E-state index contributed by atoms with van der Waals surface area (Å²) < 4.78 is 0.875. The number of rotatable bonds is 2. The van der Waals surface area contributed by atoms with Crippen molar-refractivity contribution in [2.75, 3.05) is 0 Å². The number of thiophene rings is 1. The van der Waals surface area contributed by atoms with Crippen LogP contribution in [0.1, 0.15) is 18.7 Å². The predicted octanol–water partition coefficient (Wildman–Crippen LogP) is 2.87. The Kier molecular flexibility index (Phi) is 2.58. The summed E-state index contributed by atoms with van der Waals surface area (Å²) in [6.07, 6.45) is 0. The van der Waals surface area contributed by atoms with Crippen LogP contribution in [0.25, 0.3) is 0 Å². The van der Waals surface area contributed by atoms with Gasteiger partial charge in [0.25, 0.3) is 0 Å². The van der Waals surface area contributed by atoms with Crippen LogP contribution in [0.15, 0.2) is 15.9 Å². The normalized spacial score (nSPS) is 11.6. The van der Waals surface area contributed by atoms with E-state index in [0.717, 1.165) is 9.35 Å². The maximum atomic E-state index is 10.9. The van der Waals surface area contributed by atoms with Gasteiger partial charge in [0.15, 0.2) is 0 Å². The van der Waals surface area contributed by atoms with E-state index in [0.29, 0.717) is 0 Å². The van der Waals surface area contributed by atoms with Crippen molar-refractivity contribution in [2.45, 2.75) is 19.3 Å². The molecule has 1 aromatic heterocycles. The van der Waals surface area contributed by atoms with Gasteiger partial charge in [0.05, 0.1) is 5.41 Å². The molecule has 0 aromatic carbocycles. The van der Waals surface area contributed by atoms with Crippen molar-refractivity contribution in [1.82, 2.24) is 0 Å². The zero-order valence-electron chi connectivity index (χ0n) is 6.80. The Bertz CT molecular complexity index is 304. The second-order valence-corrected chi connectivity index (χ2v) is 4.80. The molecule has 1 N–H and O–H groups in total. The van der Waals surface area contributed by atoms with E-state index in [9.17, 15) is 4.79 Å². The van der Waals surface area contributed by atoms with Crippen LogP contribution < -0.4 is 0 Å². The van der Waals surface area contributed by atoms with E-state index >= 15 is 0 Å². The van der Waals surface area contributed by atoms with Gasteiger partial charge in [0, 0.05) is 9.35 Å². The molecule has 0 unspecified atom stereocenters. The number of aliphatic carboxylic acids is 1. The lowest BCUT2D eigenvalue weighted by molar-refractivity contribution is -0.142. The summed E-state index contributed by atoms with van der Waals surface area (Å²) in [7, 11) is 0. The van der Waals surface area contributed by atoms with Crippen LogP contribution in [0.3, 0.4) is 0 Å². The molecule has 0 bridgehead atoms. The van der Waals surface area contributed by atoms with Crippen molar-refractivity contribution in [3.05, 3.63) is 20.8 Å². The lowest BCUT2D eigenvalue weighted by atomic mass is 9.92. The molecule has 1 aromatic rings. The molecule has 0 aliphatic rings. The fourth-order valence-electron chi connectivity index (χ4n) is 0.837. The quantitative estimate of drug-likeness (QED) is 0.874. The van der Waals surface area contributed by atoms with Crippen LogP contribution in [0.2, 0.25) is 0 Å². The Balaban J connectivity index is 3.13. The van der Waals surface area contributed by atoms with E-state index in [1.165, 1.54) is 11.3 Å². The second-order valence-electron chi connectivity index (χ2n) is 3.03. The van der Waals surface area contributed by atoms with Gasteiger partial charge in [-0.3, -0.25) is 4.79 Å². The SMILES string of the molecule is CC(C)(C(=O)O)c1sccc1Br. The van der Waals surface area contributed by atoms with E-state index < -0.39 is 11.4 Å². The Morgan fingerprint density at radius 2 is 2.25 bits per heavy atom. The molecule has 1 heterocycles. The highest BCUT2D eigenvalue weighted by Crippen LogP contribution is 2.34. The van der Waals surface area contributed by atoms with Crippen LogP contribution in [-0.4, -0.2) is 11.1 Å². The maximum Gasteiger partial charge on any atom is 0.314 e. The fourth-order valence-corrected chi connectivity index (χ4v) is 2.82. The van der Waals surface area contributed by atoms with Gasteiger partial charge in [-0.2, -0.15) is 0 Å². The van der Waals surface area contributed by atoms with Crippen molar-refractivity contribution in [3.63, 3.8) is 0 Å². The molecule has 0 fully saturated rings. The average Bonchev–Trinajstić information content (AvgIpc) is 2.35. The molecular formula is C8H9BrO2S. The largest absolute Gasteiger partial charge is 0.481 e. The van der Waals surface area contributed by atoms with Gasteiger partial charge >= 0.3 is 5.97 Å². The number of carbonyl (C=O) groups is 1. The second kappa shape index (κ2) is 3.18. The standard InChI is InChI=1S/C8H9BrO2S/c1-8(2,7(10)11)6-5(9)3-4-12-6/h3-4H,1-2H3,(H,10,11). The zero-order chi connectivity index (χ0) is 9.35. The average molecular weight is 249 g/mol. The topological polar surface area (TPSA) is 37.3 Å². The highest BCUT2D eigenvalue weighted by atomic mass is 79.9. The summed E-state index contributed by atoms with van der Waals surface area (Å²) in [5.41, 5.74) is -0.799. The summed E-state index contributed by atoms with van der Waals surface area (Å²) in [5, 5.41) is 10.8. The molecule has 0 atom stereocenters. The van der Waals surface area contributed by atoms with Crippen molar-refractivity contribution in [2.24, 2.45) is 0 Å². The van der Waals surface area contributed by atoms with Gasteiger partial charge < -0.3 is 5.11 Å². The summed E-state index contributed by atoms with van der Waals surface area (Å²) in [4.78, 5) is 11.7. The fraction of sp³-hybridized carbons (Fsp3) is 0.375. The molecule has 0 amide bonds. The molecule has 66 valence electrons. The first-order valence-corrected chi connectivity index (χ1v) is 5.10. The smallest absolute Gasteiger partial charge is 0.314 e. The highest BCUT2D eigenvalue weighted by Gasteiger charge is 2.32. The molecule has 12 heavy (non-hydrogen) atoms. The Labute approximate surface area is 83.4 Å². The van der Waals surface area contributed by atoms with E-state index in [4.69, 9.17) is 5.11 Å². The molecular weight excluding hydrogens is 240 g/mol. The van der Waals surface area contributed by atoms with Crippen molar-refractivity contribution >= 4 is 33.2 Å². The van der Waals surface area contributed by atoms with E-state index in [1.807, 2.05) is 11.4 Å². The van der Waals surface area contributed by atoms with E-state index in [-0.39, 0.29) is 0 Å². The van der Waals surface area contributed by atoms with Gasteiger partial charge in [0.1, 0.15) is 0 Å². The third-order valence-electron chi connectivity index (χ3n) is 1.72. The Hall–Kier alpha value is -0.350.